The van der Waals surface area contributed by atoms with Crippen LogP contribution >= 0.6 is 0 Å². The van der Waals surface area contributed by atoms with Crippen molar-refractivity contribution in [3.8, 4) is 16.9 Å². The monoisotopic (exact) mass is 519 g/mol. The van der Waals surface area contributed by atoms with Gasteiger partial charge >= 0.3 is 12.1 Å². The quantitative estimate of drug-likeness (QED) is 0.311. The standard InChI is InChI=1S/C27H20F3N5O3/c1-34-13-12-23(32-34)19-14-16(8-10-21(19)27(28,29)30)25(36)31-24-20-15-17(26(37)38-2)9-11-22(20)33-35(24)18-6-4-3-5-7-18/h3-15H,1-2H3,(H,31,36). The van der Waals surface area contributed by atoms with Gasteiger partial charge in [0.2, 0.25) is 0 Å². The number of hydrogen-bond donors (Lipinski definition) is 1. The highest BCUT2D eigenvalue weighted by atomic mass is 19.4. The fraction of sp³-hybridized carbons (Fsp3) is 0.111. The maximum Gasteiger partial charge on any atom is 0.417 e. The summed E-state index contributed by atoms with van der Waals surface area (Å²) in [6.45, 7) is 0. The molecule has 5 rings (SSSR count). The molecule has 0 aliphatic heterocycles. The molecule has 3 aromatic carbocycles. The molecular weight excluding hydrogens is 499 g/mol. The Bertz CT molecular complexity index is 1670. The van der Waals surface area contributed by atoms with Gasteiger partial charge in [0.1, 0.15) is 5.82 Å². The van der Waals surface area contributed by atoms with Crippen LogP contribution in [0.4, 0.5) is 19.0 Å². The second-order valence-corrected chi connectivity index (χ2v) is 8.41. The normalized spacial score (nSPS) is 11.5. The van der Waals surface area contributed by atoms with Gasteiger partial charge in [0.05, 0.1) is 35.1 Å². The number of nitrogens with one attached hydrogen (secondary N) is 1. The van der Waals surface area contributed by atoms with Crippen LogP contribution in [0, 0.1) is 0 Å². The Morgan fingerprint density at radius 2 is 1.66 bits per heavy atom. The summed E-state index contributed by atoms with van der Waals surface area (Å²) in [5.74, 6) is -1.00. The highest BCUT2D eigenvalue weighted by molar-refractivity contribution is 6.09. The van der Waals surface area contributed by atoms with E-state index in [0.29, 0.717) is 16.6 Å². The van der Waals surface area contributed by atoms with E-state index in [2.05, 4.69) is 15.5 Å². The van der Waals surface area contributed by atoms with E-state index in [0.717, 1.165) is 18.2 Å². The van der Waals surface area contributed by atoms with E-state index >= 15 is 0 Å². The van der Waals surface area contributed by atoms with Crippen molar-refractivity contribution in [2.24, 2.45) is 7.05 Å². The number of amides is 1. The van der Waals surface area contributed by atoms with Crippen molar-refractivity contribution in [3.63, 3.8) is 0 Å². The summed E-state index contributed by atoms with van der Waals surface area (Å²) in [4.78, 5) is 25.6. The van der Waals surface area contributed by atoms with Crippen molar-refractivity contribution < 1.29 is 27.5 Å². The molecule has 0 aliphatic rings. The van der Waals surface area contributed by atoms with E-state index in [-0.39, 0.29) is 28.2 Å². The van der Waals surface area contributed by atoms with Crippen molar-refractivity contribution in [2.75, 3.05) is 12.4 Å². The van der Waals surface area contributed by atoms with Gasteiger partial charge in [0, 0.05) is 29.8 Å². The minimum Gasteiger partial charge on any atom is -0.465 e. The Balaban J connectivity index is 1.62. The van der Waals surface area contributed by atoms with Crippen LogP contribution < -0.4 is 5.32 Å². The van der Waals surface area contributed by atoms with Crippen LogP contribution in [0.3, 0.4) is 0 Å². The number of ether oxygens (including phenoxy) is 1. The van der Waals surface area contributed by atoms with Gasteiger partial charge in [-0.2, -0.15) is 23.4 Å². The minimum absolute atomic E-state index is 0.0169. The molecule has 8 nitrogen and oxygen atoms in total. The van der Waals surface area contributed by atoms with Crippen LogP contribution in [0.1, 0.15) is 26.3 Å². The lowest BCUT2D eigenvalue weighted by molar-refractivity contribution is -0.137. The number of esters is 1. The number of methoxy groups -OCH3 is 1. The Kier molecular flexibility index (Phi) is 6.19. The lowest BCUT2D eigenvalue weighted by atomic mass is 10.0. The van der Waals surface area contributed by atoms with E-state index in [1.807, 2.05) is 6.07 Å². The Labute approximate surface area is 214 Å². The van der Waals surface area contributed by atoms with Crippen molar-refractivity contribution in [1.29, 1.82) is 0 Å². The van der Waals surface area contributed by atoms with Crippen molar-refractivity contribution in [1.82, 2.24) is 19.6 Å². The third-order valence-corrected chi connectivity index (χ3v) is 5.90. The van der Waals surface area contributed by atoms with E-state index in [9.17, 15) is 22.8 Å². The molecule has 0 saturated carbocycles. The van der Waals surface area contributed by atoms with E-state index < -0.39 is 23.6 Å². The summed E-state index contributed by atoms with van der Waals surface area (Å²) in [6.07, 6.45) is -3.13. The van der Waals surface area contributed by atoms with Crippen molar-refractivity contribution in [2.45, 2.75) is 6.18 Å². The molecule has 0 atom stereocenters. The summed E-state index contributed by atoms with van der Waals surface area (Å²) in [7, 11) is 2.85. The summed E-state index contributed by atoms with van der Waals surface area (Å²) >= 11 is 0. The highest BCUT2D eigenvalue weighted by Gasteiger charge is 2.34. The molecule has 0 fully saturated rings. The number of alkyl halides is 3. The van der Waals surface area contributed by atoms with E-state index in [1.165, 1.54) is 34.8 Å². The number of halogens is 3. The van der Waals surface area contributed by atoms with Gasteiger partial charge in [0.25, 0.3) is 5.91 Å². The Hall–Kier alpha value is -4.93. The first-order chi connectivity index (χ1) is 18.2. The molecule has 5 aromatic rings. The second-order valence-electron chi connectivity index (χ2n) is 8.41. The first-order valence-electron chi connectivity index (χ1n) is 11.3. The number of aromatic nitrogens is 4. The lowest BCUT2D eigenvalue weighted by Crippen LogP contribution is -2.16. The zero-order valence-electron chi connectivity index (χ0n) is 20.2. The number of rotatable bonds is 5. The van der Waals surface area contributed by atoms with Crippen LogP contribution in [0.25, 0.3) is 27.8 Å². The third-order valence-electron chi connectivity index (χ3n) is 5.90. The third kappa shape index (κ3) is 4.61. The maximum atomic E-state index is 13.7. The van der Waals surface area contributed by atoms with Gasteiger partial charge in [-0.1, -0.05) is 18.2 Å². The molecule has 1 N–H and O–H groups in total. The van der Waals surface area contributed by atoms with Crippen LogP contribution in [0.5, 0.6) is 0 Å². The Morgan fingerprint density at radius 1 is 0.921 bits per heavy atom. The summed E-state index contributed by atoms with van der Waals surface area (Å²) in [5.41, 5.74) is 0.290. The molecule has 38 heavy (non-hydrogen) atoms. The number of hydrogen-bond acceptors (Lipinski definition) is 5. The van der Waals surface area contributed by atoms with Crippen LogP contribution in [-0.2, 0) is 18.0 Å². The zero-order valence-corrected chi connectivity index (χ0v) is 20.2. The van der Waals surface area contributed by atoms with Crippen molar-refractivity contribution in [3.05, 3.63) is 95.7 Å². The molecule has 0 aliphatic carbocycles. The first-order valence-corrected chi connectivity index (χ1v) is 11.3. The average Bonchev–Trinajstić information content (AvgIpc) is 3.51. The Morgan fingerprint density at radius 3 is 2.32 bits per heavy atom. The molecule has 2 heterocycles. The molecule has 11 heteroatoms. The zero-order chi connectivity index (χ0) is 27.0. The summed E-state index contributed by atoms with van der Waals surface area (Å²) in [5, 5.41) is 11.9. The van der Waals surface area contributed by atoms with Crippen LogP contribution in [-0.4, -0.2) is 38.5 Å². The molecule has 0 unspecified atom stereocenters. The van der Waals surface area contributed by atoms with Crippen LogP contribution in [0.15, 0.2) is 79.0 Å². The van der Waals surface area contributed by atoms with Gasteiger partial charge in [0.15, 0.2) is 0 Å². The minimum atomic E-state index is -4.64. The van der Waals surface area contributed by atoms with Gasteiger partial charge < -0.3 is 10.1 Å². The molecule has 1 amide bonds. The van der Waals surface area contributed by atoms with Gasteiger partial charge in [-0.3, -0.25) is 9.48 Å². The van der Waals surface area contributed by atoms with E-state index in [4.69, 9.17) is 4.74 Å². The molecule has 0 bridgehead atoms. The number of carbonyl (C=O) groups excluding carboxylic acids is 2. The molecule has 0 spiro atoms. The van der Waals surface area contributed by atoms with Gasteiger partial charge in [-0.15, -0.1) is 0 Å². The summed E-state index contributed by atoms with van der Waals surface area (Å²) < 4.78 is 48.9. The van der Waals surface area contributed by atoms with E-state index in [1.54, 1.807) is 43.4 Å². The average molecular weight is 519 g/mol. The van der Waals surface area contributed by atoms with Gasteiger partial charge in [-0.25, -0.2) is 9.48 Å². The topological polar surface area (TPSA) is 91.0 Å². The largest absolute Gasteiger partial charge is 0.465 e. The fourth-order valence-electron chi connectivity index (χ4n) is 4.09. The predicted molar refractivity (Wildman–Crippen MR) is 134 cm³/mol. The summed E-state index contributed by atoms with van der Waals surface area (Å²) in [6, 6.07) is 18.2. The molecule has 192 valence electrons. The lowest BCUT2D eigenvalue weighted by Gasteiger charge is -2.14. The molecule has 0 saturated heterocycles. The van der Waals surface area contributed by atoms with Crippen molar-refractivity contribution >= 4 is 28.6 Å². The first kappa shape index (κ1) is 24.8. The number of fused-ring (bicyclic) bond motifs is 1. The molecule has 0 radical (unpaired) electrons. The number of benzene rings is 3. The number of anilines is 1. The second kappa shape index (κ2) is 9.51. The SMILES string of the molecule is COC(=O)c1ccc2nn(-c3ccccc3)c(NC(=O)c3ccc(C(F)(F)F)c(-c4ccn(C)n4)c3)c2c1. The molecule has 2 aromatic heterocycles. The fourth-order valence-corrected chi connectivity index (χ4v) is 4.09. The number of aryl methyl sites for hydroxylation is 1. The molecular formula is C27H20F3N5O3. The number of para-hydroxylation sites is 1. The highest BCUT2D eigenvalue weighted by Crippen LogP contribution is 2.37. The predicted octanol–water partition coefficient (Wildman–Crippen LogP) is 5.48. The number of nitrogens with zero attached hydrogens (tertiary/aromatic N) is 4. The smallest absolute Gasteiger partial charge is 0.417 e. The van der Waals surface area contributed by atoms with Gasteiger partial charge in [-0.05, 0) is 54.6 Å². The number of carbonyl (C=O) groups is 2. The van der Waals surface area contributed by atoms with Crippen LogP contribution in [0.2, 0.25) is 0 Å². The maximum absolute atomic E-state index is 13.7.